The quantitative estimate of drug-likeness (QED) is 0.604. The Kier molecular flexibility index (Phi) is 2.46. The van der Waals surface area contributed by atoms with Gasteiger partial charge in [0.05, 0.1) is 17.6 Å². The van der Waals surface area contributed by atoms with Gasteiger partial charge < -0.3 is 5.32 Å². The van der Waals surface area contributed by atoms with Crippen LogP contribution in [-0.4, -0.2) is 4.98 Å². The number of benzene rings is 1. The number of rotatable bonds is 0. The van der Waals surface area contributed by atoms with E-state index in [-0.39, 0.29) is 0 Å². The summed E-state index contributed by atoms with van der Waals surface area (Å²) in [5, 5.41) is 4.53. The van der Waals surface area contributed by atoms with Crippen molar-refractivity contribution in [3.63, 3.8) is 0 Å². The van der Waals surface area contributed by atoms with E-state index in [1.165, 1.54) is 0 Å². The molecule has 5 heteroatoms. The van der Waals surface area contributed by atoms with Crippen molar-refractivity contribution in [1.82, 2.24) is 4.98 Å². The molecule has 0 bridgehead atoms. The van der Waals surface area contributed by atoms with Gasteiger partial charge in [0.25, 0.3) is 0 Å². The largest absolute Gasteiger partial charge is 0.352 e. The van der Waals surface area contributed by atoms with E-state index in [0.29, 0.717) is 5.15 Å². The van der Waals surface area contributed by atoms with Crippen LogP contribution in [0.1, 0.15) is 0 Å². The first kappa shape index (κ1) is 10.3. The van der Waals surface area contributed by atoms with Crippen molar-refractivity contribution < 1.29 is 0 Å². The molecule has 0 saturated carbocycles. The predicted octanol–water partition coefficient (Wildman–Crippen LogP) is 4.60. The number of pyridine rings is 1. The van der Waals surface area contributed by atoms with Gasteiger partial charge in [-0.3, -0.25) is 0 Å². The van der Waals surface area contributed by atoms with Crippen LogP contribution in [0.5, 0.6) is 0 Å². The van der Waals surface area contributed by atoms with Crippen LogP contribution in [0.2, 0.25) is 10.2 Å². The summed E-state index contributed by atoms with van der Waals surface area (Å²) in [5.41, 5.74) is 2.02. The fraction of sp³-hybridized carbons (Fsp3) is 0. The zero-order valence-electron chi connectivity index (χ0n) is 8.00. The third-order valence-corrected chi connectivity index (χ3v) is 3.82. The summed E-state index contributed by atoms with van der Waals surface area (Å²) in [6.07, 6.45) is 1.74. The van der Waals surface area contributed by atoms with Crippen molar-refractivity contribution in [2.24, 2.45) is 0 Å². The van der Waals surface area contributed by atoms with E-state index in [1.807, 2.05) is 24.3 Å². The molecule has 2 heterocycles. The van der Waals surface area contributed by atoms with Crippen LogP contribution in [0.3, 0.4) is 0 Å². The number of aromatic nitrogens is 1. The number of halogens is 2. The van der Waals surface area contributed by atoms with Gasteiger partial charge in [-0.1, -0.05) is 35.0 Å². The van der Waals surface area contributed by atoms with Crippen LogP contribution in [0.15, 0.2) is 40.3 Å². The molecule has 1 aromatic carbocycles. The fourth-order valence-electron chi connectivity index (χ4n) is 1.54. The number of hydrogen-bond acceptors (Lipinski definition) is 3. The fourth-order valence-corrected chi connectivity index (χ4v) is 3.03. The topological polar surface area (TPSA) is 24.9 Å². The van der Waals surface area contributed by atoms with Gasteiger partial charge in [0.1, 0.15) is 5.15 Å². The molecule has 1 aliphatic rings. The van der Waals surface area contributed by atoms with Crippen molar-refractivity contribution in [2.45, 2.75) is 9.79 Å². The Morgan fingerprint density at radius 1 is 1.06 bits per heavy atom. The summed E-state index contributed by atoms with van der Waals surface area (Å²) >= 11 is 13.5. The minimum Gasteiger partial charge on any atom is -0.352 e. The van der Waals surface area contributed by atoms with E-state index >= 15 is 0 Å². The van der Waals surface area contributed by atoms with Gasteiger partial charge in [0.15, 0.2) is 0 Å². The molecule has 1 aliphatic heterocycles. The zero-order chi connectivity index (χ0) is 11.1. The standard InChI is InChI=1S/C11H6Cl2N2S/c12-6-1-2-7-9(3-6)16-10-4-11(13)14-5-8(10)15-7/h1-5,15H. The van der Waals surface area contributed by atoms with E-state index in [9.17, 15) is 0 Å². The molecule has 0 fully saturated rings. The summed E-state index contributed by atoms with van der Waals surface area (Å²) in [7, 11) is 0. The second-order valence-electron chi connectivity index (χ2n) is 3.37. The van der Waals surface area contributed by atoms with Gasteiger partial charge in [0, 0.05) is 14.8 Å². The molecule has 0 unspecified atom stereocenters. The van der Waals surface area contributed by atoms with Gasteiger partial charge in [-0.25, -0.2) is 4.98 Å². The van der Waals surface area contributed by atoms with E-state index < -0.39 is 0 Å². The van der Waals surface area contributed by atoms with Crippen molar-refractivity contribution in [2.75, 3.05) is 5.32 Å². The molecular formula is C11H6Cl2N2S. The molecule has 80 valence electrons. The van der Waals surface area contributed by atoms with Gasteiger partial charge in [-0.15, -0.1) is 0 Å². The van der Waals surface area contributed by atoms with E-state index in [4.69, 9.17) is 23.2 Å². The average Bonchev–Trinajstić information content (AvgIpc) is 2.26. The normalized spacial score (nSPS) is 12.6. The Morgan fingerprint density at radius 2 is 1.88 bits per heavy atom. The van der Waals surface area contributed by atoms with Gasteiger partial charge in [0.2, 0.25) is 0 Å². The Bertz CT molecular complexity index is 522. The van der Waals surface area contributed by atoms with Crippen molar-refractivity contribution in [1.29, 1.82) is 0 Å². The molecule has 0 atom stereocenters. The highest BCUT2D eigenvalue weighted by Gasteiger charge is 2.16. The monoisotopic (exact) mass is 268 g/mol. The van der Waals surface area contributed by atoms with E-state index in [2.05, 4.69) is 10.3 Å². The molecule has 0 amide bonds. The smallest absolute Gasteiger partial charge is 0.130 e. The highest BCUT2D eigenvalue weighted by atomic mass is 35.5. The van der Waals surface area contributed by atoms with Crippen molar-refractivity contribution in [3.05, 3.63) is 40.6 Å². The molecule has 2 nitrogen and oxygen atoms in total. The minimum absolute atomic E-state index is 0.499. The maximum atomic E-state index is 5.96. The maximum absolute atomic E-state index is 5.96. The highest BCUT2D eigenvalue weighted by Crippen LogP contribution is 2.45. The van der Waals surface area contributed by atoms with Crippen molar-refractivity contribution in [3.8, 4) is 0 Å². The average molecular weight is 269 g/mol. The molecule has 3 rings (SSSR count). The Morgan fingerprint density at radius 3 is 2.75 bits per heavy atom. The molecule has 1 aromatic heterocycles. The van der Waals surface area contributed by atoms with Crippen LogP contribution in [0.25, 0.3) is 0 Å². The lowest BCUT2D eigenvalue weighted by molar-refractivity contribution is 1.23. The number of anilines is 2. The number of nitrogens with zero attached hydrogens (tertiary/aromatic N) is 1. The molecule has 0 saturated heterocycles. The zero-order valence-corrected chi connectivity index (χ0v) is 10.3. The van der Waals surface area contributed by atoms with Crippen molar-refractivity contribution >= 4 is 46.3 Å². The van der Waals surface area contributed by atoms with Gasteiger partial charge in [-0.2, -0.15) is 0 Å². The number of fused-ring (bicyclic) bond motifs is 2. The van der Waals surface area contributed by atoms with E-state index in [1.54, 1.807) is 18.0 Å². The molecule has 0 spiro atoms. The first-order chi connectivity index (χ1) is 7.72. The number of hydrogen-bond donors (Lipinski definition) is 1. The Hall–Kier alpha value is -0.900. The number of nitrogens with one attached hydrogen (secondary N) is 1. The van der Waals surface area contributed by atoms with Crippen LogP contribution in [0.4, 0.5) is 11.4 Å². The Labute approximate surface area is 107 Å². The minimum atomic E-state index is 0.499. The van der Waals surface area contributed by atoms with Crippen LogP contribution in [-0.2, 0) is 0 Å². The van der Waals surface area contributed by atoms with E-state index in [0.717, 1.165) is 26.2 Å². The van der Waals surface area contributed by atoms with Crippen LogP contribution < -0.4 is 5.32 Å². The van der Waals surface area contributed by atoms with Gasteiger partial charge in [-0.05, 0) is 24.3 Å². The second kappa shape index (κ2) is 3.84. The van der Waals surface area contributed by atoms with Crippen LogP contribution >= 0.6 is 35.0 Å². The summed E-state index contributed by atoms with van der Waals surface area (Å²) in [5.74, 6) is 0. The first-order valence-electron chi connectivity index (χ1n) is 4.62. The lowest BCUT2D eigenvalue weighted by Crippen LogP contribution is -2.00. The molecule has 0 aliphatic carbocycles. The Balaban J connectivity index is 2.10. The highest BCUT2D eigenvalue weighted by molar-refractivity contribution is 7.99. The summed E-state index contributed by atoms with van der Waals surface area (Å²) < 4.78 is 0. The summed E-state index contributed by atoms with van der Waals surface area (Å²) in [6.45, 7) is 0. The SMILES string of the molecule is Clc1ccc2c(c1)Sc1cc(Cl)ncc1N2. The molecule has 2 aromatic rings. The third kappa shape index (κ3) is 1.75. The lowest BCUT2D eigenvalue weighted by Gasteiger charge is -2.20. The third-order valence-electron chi connectivity index (χ3n) is 2.27. The lowest BCUT2D eigenvalue weighted by atomic mass is 10.3. The summed E-state index contributed by atoms with van der Waals surface area (Å²) in [4.78, 5) is 6.21. The van der Waals surface area contributed by atoms with Gasteiger partial charge >= 0.3 is 0 Å². The molecule has 1 N–H and O–H groups in total. The molecule has 16 heavy (non-hydrogen) atoms. The molecule has 0 radical (unpaired) electrons. The molecular weight excluding hydrogens is 263 g/mol. The van der Waals surface area contributed by atoms with Crippen LogP contribution in [0, 0.1) is 0 Å². The maximum Gasteiger partial charge on any atom is 0.130 e. The summed E-state index contributed by atoms with van der Waals surface area (Å²) in [6, 6.07) is 7.61. The second-order valence-corrected chi connectivity index (χ2v) is 5.28. The predicted molar refractivity (Wildman–Crippen MR) is 68.1 cm³/mol. The first-order valence-corrected chi connectivity index (χ1v) is 6.19.